The highest BCUT2D eigenvalue weighted by molar-refractivity contribution is 5.99. The van der Waals surface area contributed by atoms with Crippen LogP contribution in [0, 0.1) is 35.5 Å². The molecule has 0 aliphatic carbocycles. The first-order valence-electron chi connectivity index (χ1n) is 21.9. The highest BCUT2D eigenvalue weighted by Gasteiger charge is 2.33. The van der Waals surface area contributed by atoms with Gasteiger partial charge < -0.3 is 30.7 Å². The first kappa shape index (κ1) is 44.5. The van der Waals surface area contributed by atoms with Gasteiger partial charge in [-0.1, -0.05) is 48.2 Å². The minimum absolute atomic E-state index is 0.0641. The van der Waals surface area contributed by atoms with Crippen LogP contribution in [0.2, 0.25) is 0 Å². The van der Waals surface area contributed by atoms with Crippen molar-refractivity contribution in [2.24, 2.45) is 23.3 Å². The Bertz CT molecular complexity index is 2860. The van der Waals surface area contributed by atoms with Crippen LogP contribution < -0.4 is 20.9 Å². The number of hydrogen-bond donors (Lipinski definition) is 2. The molecule has 66 heavy (non-hydrogen) atoms. The van der Waals surface area contributed by atoms with E-state index in [4.69, 9.17) is 31.1 Å². The molecule has 2 unspecified atom stereocenters. The van der Waals surface area contributed by atoms with Gasteiger partial charge in [0.05, 0.1) is 11.1 Å². The van der Waals surface area contributed by atoms with Gasteiger partial charge in [0.25, 0.3) is 23.6 Å². The van der Waals surface area contributed by atoms with E-state index in [2.05, 4.69) is 23.7 Å². The Morgan fingerprint density at radius 2 is 1.11 bits per heavy atom. The second-order valence-electron chi connectivity index (χ2n) is 16.6. The van der Waals surface area contributed by atoms with E-state index in [9.17, 15) is 19.2 Å². The van der Waals surface area contributed by atoms with E-state index in [0.717, 1.165) is 18.4 Å². The molecule has 6 aromatic rings. The number of amides is 4. The molecule has 0 radical (unpaired) electrons. The van der Waals surface area contributed by atoms with E-state index in [1.165, 1.54) is 0 Å². The van der Waals surface area contributed by atoms with Gasteiger partial charge >= 0.3 is 0 Å². The van der Waals surface area contributed by atoms with E-state index < -0.39 is 11.8 Å². The van der Waals surface area contributed by atoms with Crippen molar-refractivity contribution < 1.29 is 28.7 Å². The summed E-state index contributed by atoms with van der Waals surface area (Å²) in [7, 11) is 0. The Kier molecular flexibility index (Phi) is 13.6. The number of likely N-dealkylation sites (tertiary alicyclic amines) is 2. The predicted octanol–water partition coefficient (Wildman–Crippen LogP) is 7.11. The van der Waals surface area contributed by atoms with Crippen LogP contribution in [0.4, 0.5) is 0 Å². The maximum Gasteiger partial charge on any atom is 0.298 e. The number of ether oxygens (including phenoxy) is 2. The number of rotatable bonds is 13. The average molecular weight is 883 g/mol. The van der Waals surface area contributed by atoms with Crippen molar-refractivity contribution in [3.8, 4) is 69.2 Å². The standard InChI is InChI=1S/C52H50N8O6/c1-3-10-47(61)57-26-24-35(25-27-57)30-59-33-44(51(53)63)49(55-59)38-18-22-42(23-19-38)66-46-15-9-8-14-43(46)39-28-36(29-58(32-39)48(62)11-4-2)31-60-34-45(52(54)64)50(56-60)37-16-20-41(21-17-37)65-40-12-6-5-7-13-40/h5-9,12-23,33-36,39H,24-32H2,1-2H3,(H2,53,63)(H2,54,64). The number of benzene rings is 4. The number of aromatic nitrogens is 4. The molecule has 0 spiro atoms. The molecular weight excluding hydrogens is 833 g/mol. The summed E-state index contributed by atoms with van der Waals surface area (Å²) in [6.07, 6.45) is 5.67. The second-order valence-corrected chi connectivity index (χ2v) is 16.6. The van der Waals surface area contributed by atoms with Crippen molar-refractivity contribution in [3.63, 3.8) is 0 Å². The quantitative estimate of drug-likeness (QED) is 0.115. The van der Waals surface area contributed by atoms with Crippen molar-refractivity contribution in [3.05, 3.63) is 132 Å². The summed E-state index contributed by atoms with van der Waals surface area (Å²) < 4.78 is 16.0. The van der Waals surface area contributed by atoms with Crippen molar-refractivity contribution in [1.82, 2.24) is 29.4 Å². The fourth-order valence-electron chi connectivity index (χ4n) is 8.79. The highest BCUT2D eigenvalue weighted by atomic mass is 16.5. The third-order valence-corrected chi connectivity index (χ3v) is 12.0. The number of primary amides is 2. The lowest BCUT2D eigenvalue weighted by Crippen LogP contribution is -2.44. The van der Waals surface area contributed by atoms with Gasteiger partial charge in [-0.2, -0.15) is 10.2 Å². The Morgan fingerprint density at radius 3 is 1.67 bits per heavy atom. The number of para-hydroxylation sites is 2. The van der Waals surface area contributed by atoms with Crippen molar-refractivity contribution in [2.45, 2.75) is 52.1 Å². The van der Waals surface area contributed by atoms with Gasteiger partial charge in [0.2, 0.25) is 0 Å². The SMILES string of the molecule is CC#CC(=O)N1CCC(Cn2cc(C(N)=O)c(-c3ccc(Oc4ccccc4C4CC(Cn5cc(C(N)=O)c(-c6ccc(Oc7ccccc7)cc6)n5)CN(C(=O)C#CC)C4)cc3)n2)CC1. The van der Waals surface area contributed by atoms with E-state index in [1.54, 1.807) is 45.4 Å². The first-order valence-corrected chi connectivity index (χ1v) is 21.9. The van der Waals surface area contributed by atoms with E-state index in [0.29, 0.717) is 96.8 Å². The molecule has 8 rings (SSSR count). The summed E-state index contributed by atoms with van der Waals surface area (Å²) >= 11 is 0. The zero-order chi connectivity index (χ0) is 46.2. The van der Waals surface area contributed by atoms with E-state index >= 15 is 0 Å². The van der Waals surface area contributed by atoms with Crippen LogP contribution in [0.15, 0.2) is 116 Å². The van der Waals surface area contributed by atoms with Crippen LogP contribution in [0.3, 0.4) is 0 Å². The molecule has 2 aliphatic heterocycles. The van der Waals surface area contributed by atoms with Crippen LogP contribution in [-0.2, 0) is 22.7 Å². The summed E-state index contributed by atoms with van der Waals surface area (Å²) in [6, 6.07) is 31.9. The van der Waals surface area contributed by atoms with Gasteiger partial charge in [-0.05, 0) is 129 Å². The molecule has 2 aromatic heterocycles. The summed E-state index contributed by atoms with van der Waals surface area (Å²) in [5.41, 5.74) is 15.6. The molecule has 2 atom stereocenters. The Balaban J connectivity index is 0.977. The summed E-state index contributed by atoms with van der Waals surface area (Å²) in [5, 5.41) is 9.63. The topological polar surface area (TPSA) is 181 Å². The van der Waals surface area contributed by atoms with Gasteiger partial charge in [-0.15, -0.1) is 0 Å². The van der Waals surface area contributed by atoms with Crippen LogP contribution >= 0.6 is 0 Å². The van der Waals surface area contributed by atoms with E-state index in [1.807, 2.05) is 103 Å². The molecule has 4 aromatic carbocycles. The molecule has 0 bridgehead atoms. The molecule has 2 saturated heterocycles. The Hall–Kier alpha value is -8.10. The fourth-order valence-corrected chi connectivity index (χ4v) is 8.79. The van der Waals surface area contributed by atoms with Crippen molar-refractivity contribution in [2.75, 3.05) is 26.2 Å². The molecule has 4 heterocycles. The predicted molar refractivity (Wildman–Crippen MR) is 249 cm³/mol. The van der Waals surface area contributed by atoms with E-state index in [-0.39, 0.29) is 35.1 Å². The molecule has 4 N–H and O–H groups in total. The maximum atomic E-state index is 13.4. The highest BCUT2D eigenvalue weighted by Crippen LogP contribution is 2.39. The monoisotopic (exact) mass is 882 g/mol. The smallest absolute Gasteiger partial charge is 0.298 e. The number of nitrogens with two attached hydrogens (primary N) is 2. The number of hydrogen-bond acceptors (Lipinski definition) is 8. The third kappa shape index (κ3) is 10.5. The largest absolute Gasteiger partial charge is 0.457 e. The van der Waals surface area contributed by atoms with Gasteiger partial charge in [0, 0.05) is 68.7 Å². The molecule has 2 aliphatic rings. The third-order valence-electron chi connectivity index (χ3n) is 12.0. The van der Waals surface area contributed by atoms with Crippen molar-refractivity contribution >= 4 is 23.6 Å². The minimum atomic E-state index is -0.597. The molecule has 0 saturated carbocycles. The first-order chi connectivity index (χ1) is 32.0. The van der Waals surface area contributed by atoms with Crippen LogP contribution in [0.5, 0.6) is 23.0 Å². The van der Waals surface area contributed by atoms with Gasteiger partial charge in [0.15, 0.2) is 0 Å². The van der Waals surface area contributed by atoms with Gasteiger partial charge in [-0.25, -0.2) is 0 Å². The second kappa shape index (κ2) is 20.2. The number of nitrogens with zero attached hydrogens (tertiary/aromatic N) is 6. The molecule has 14 heteroatoms. The average Bonchev–Trinajstić information content (AvgIpc) is 3.95. The van der Waals surface area contributed by atoms with Gasteiger partial charge in [-0.3, -0.25) is 28.5 Å². The maximum absolute atomic E-state index is 13.4. The van der Waals surface area contributed by atoms with Crippen LogP contribution in [-0.4, -0.2) is 79.2 Å². The molecule has 4 amide bonds. The lowest BCUT2D eigenvalue weighted by Gasteiger charge is -2.37. The zero-order valence-electron chi connectivity index (χ0n) is 36.9. The zero-order valence-corrected chi connectivity index (χ0v) is 36.9. The summed E-state index contributed by atoms with van der Waals surface area (Å²) in [6.45, 7) is 6.43. The number of carbonyl (C=O) groups excluding carboxylic acids is 4. The normalized spacial score (nSPS) is 16.0. The summed E-state index contributed by atoms with van der Waals surface area (Å²) in [4.78, 5) is 54.4. The minimum Gasteiger partial charge on any atom is -0.457 e. The fraction of sp³-hybridized carbons (Fsp3) is 0.269. The van der Waals surface area contributed by atoms with Crippen LogP contribution in [0.25, 0.3) is 22.5 Å². The molecule has 14 nitrogen and oxygen atoms in total. The summed E-state index contributed by atoms with van der Waals surface area (Å²) in [5.74, 6) is 11.8. The van der Waals surface area contributed by atoms with Crippen molar-refractivity contribution in [1.29, 1.82) is 0 Å². The lowest BCUT2D eigenvalue weighted by atomic mass is 9.84. The lowest BCUT2D eigenvalue weighted by molar-refractivity contribution is -0.127. The molecular formula is C52H50N8O6. The number of carbonyl (C=O) groups is 4. The molecule has 2 fully saturated rings. The van der Waals surface area contributed by atoms with Crippen LogP contribution in [0.1, 0.15) is 65.3 Å². The Labute approximate surface area is 383 Å². The Morgan fingerprint density at radius 1 is 0.606 bits per heavy atom. The molecule has 334 valence electrons. The number of piperidine rings is 2. The van der Waals surface area contributed by atoms with Gasteiger partial charge in [0.1, 0.15) is 34.4 Å².